The average Bonchev–Trinajstić information content (AvgIpc) is 3.01. The number of rotatable bonds is 1. The minimum Gasteiger partial charge on any atom is -0.481 e. The van der Waals surface area contributed by atoms with Crippen molar-refractivity contribution < 1.29 is 19.7 Å². The molecule has 13 atom stereocenters. The Morgan fingerprint density at radius 1 is 0.921 bits per heavy atom. The summed E-state index contributed by atoms with van der Waals surface area (Å²) < 4.78 is 6.41. The van der Waals surface area contributed by atoms with E-state index in [1.54, 1.807) is 0 Å². The molecule has 2 spiro atoms. The first-order valence-corrected chi connectivity index (χ1v) is 16.0. The van der Waals surface area contributed by atoms with Crippen LogP contribution in [-0.2, 0) is 9.53 Å². The molecule has 0 aromatic rings. The number of ether oxygens (including phenoxy) is 1. The Kier molecular flexibility index (Phi) is 4.44. The zero-order valence-corrected chi connectivity index (χ0v) is 24.4. The van der Waals surface area contributed by atoms with Gasteiger partial charge >= 0.3 is 5.97 Å². The van der Waals surface area contributed by atoms with Crippen LogP contribution >= 0.6 is 0 Å². The van der Waals surface area contributed by atoms with Crippen molar-refractivity contribution in [1.29, 1.82) is 0 Å². The highest BCUT2D eigenvalue weighted by molar-refractivity contribution is 5.74. The number of hydrogen-bond donors (Lipinski definition) is 2. The van der Waals surface area contributed by atoms with Gasteiger partial charge < -0.3 is 14.9 Å². The molecule has 0 radical (unpaired) electrons. The highest BCUT2D eigenvalue weighted by Gasteiger charge is 2.82. The van der Waals surface area contributed by atoms with Crippen LogP contribution in [0.2, 0.25) is 0 Å². The van der Waals surface area contributed by atoms with E-state index in [4.69, 9.17) is 4.74 Å². The van der Waals surface area contributed by atoms with Crippen molar-refractivity contribution in [2.45, 2.75) is 117 Å². The minimum atomic E-state index is -0.956. The number of allylic oxidation sites excluding steroid dienone is 2. The van der Waals surface area contributed by atoms with Crippen LogP contribution in [0.5, 0.6) is 0 Å². The fraction of sp³-hybridized carbons (Fsp3) is 0.912. The number of carboxylic acid groups (broad SMARTS) is 1. The first-order chi connectivity index (χ1) is 17.7. The quantitative estimate of drug-likeness (QED) is 0.357. The molecule has 210 valence electrons. The molecule has 8 aliphatic rings. The summed E-state index contributed by atoms with van der Waals surface area (Å²) in [6.45, 7) is 13.0. The molecule has 0 aromatic carbocycles. The van der Waals surface area contributed by atoms with Gasteiger partial charge in [-0.1, -0.05) is 39.8 Å². The van der Waals surface area contributed by atoms with E-state index in [2.05, 4.69) is 39.8 Å². The maximum absolute atomic E-state index is 12.5. The van der Waals surface area contributed by atoms with Gasteiger partial charge in [0.05, 0.1) is 12.0 Å². The van der Waals surface area contributed by atoms with Gasteiger partial charge in [0.2, 0.25) is 0 Å². The van der Waals surface area contributed by atoms with Crippen LogP contribution in [0.15, 0.2) is 12.2 Å². The van der Waals surface area contributed by atoms with Crippen LogP contribution < -0.4 is 0 Å². The molecule has 4 nitrogen and oxygen atoms in total. The summed E-state index contributed by atoms with van der Waals surface area (Å²) >= 11 is 0. The number of hydrogen-bond acceptors (Lipinski definition) is 3. The Hall–Kier alpha value is -0.870. The SMILES string of the molecule is CC1C2(O)CC34C=CCC56C(CC3)CC3(C)C7CC(C)(C(=O)O)CCC7(C)CCC3(C)C5CCC1(CO2)C46. The van der Waals surface area contributed by atoms with Gasteiger partial charge in [-0.2, -0.15) is 0 Å². The van der Waals surface area contributed by atoms with Gasteiger partial charge in [0.1, 0.15) is 0 Å². The largest absolute Gasteiger partial charge is 0.481 e. The molecule has 6 saturated carbocycles. The molecule has 1 saturated heterocycles. The van der Waals surface area contributed by atoms with Crippen LogP contribution in [0.1, 0.15) is 112 Å². The molecule has 0 amide bonds. The topological polar surface area (TPSA) is 66.8 Å². The third-order valence-corrected chi connectivity index (χ3v) is 16.6. The van der Waals surface area contributed by atoms with Gasteiger partial charge in [-0.25, -0.2) is 0 Å². The number of aliphatic hydroxyl groups is 1. The molecule has 1 aliphatic heterocycles. The van der Waals surface area contributed by atoms with E-state index in [1.165, 1.54) is 51.4 Å². The average molecular weight is 523 g/mol. The van der Waals surface area contributed by atoms with E-state index < -0.39 is 17.2 Å². The van der Waals surface area contributed by atoms with Crippen LogP contribution in [0.25, 0.3) is 0 Å². The van der Waals surface area contributed by atoms with Crippen LogP contribution in [0.3, 0.4) is 0 Å². The summed E-state index contributed by atoms with van der Waals surface area (Å²) in [4.78, 5) is 12.5. The lowest BCUT2D eigenvalue weighted by molar-refractivity contribution is -0.327. The van der Waals surface area contributed by atoms with Gasteiger partial charge in [0, 0.05) is 17.8 Å². The number of carboxylic acids is 1. The van der Waals surface area contributed by atoms with Gasteiger partial charge in [0.15, 0.2) is 5.79 Å². The van der Waals surface area contributed by atoms with Gasteiger partial charge in [0.25, 0.3) is 0 Å². The van der Waals surface area contributed by atoms with Crippen molar-refractivity contribution >= 4 is 5.97 Å². The summed E-state index contributed by atoms with van der Waals surface area (Å²) in [6, 6.07) is 0. The molecule has 8 rings (SSSR count). The Bertz CT molecular complexity index is 1150. The molecule has 38 heavy (non-hydrogen) atoms. The molecule has 1 heterocycles. The number of fused-ring (bicyclic) bond motifs is 5. The molecular formula is C34H50O4. The third kappa shape index (κ3) is 2.38. The van der Waals surface area contributed by atoms with Crippen molar-refractivity contribution in [2.24, 2.45) is 67.5 Å². The third-order valence-electron chi connectivity index (χ3n) is 16.6. The Balaban J connectivity index is 1.29. The summed E-state index contributed by atoms with van der Waals surface area (Å²) in [7, 11) is 0. The van der Waals surface area contributed by atoms with E-state index in [-0.39, 0.29) is 33.0 Å². The zero-order valence-electron chi connectivity index (χ0n) is 24.4. The molecule has 4 bridgehead atoms. The first kappa shape index (κ1) is 24.9. The van der Waals surface area contributed by atoms with Crippen molar-refractivity contribution in [2.75, 3.05) is 6.61 Å². The van der Waals surface area contributed by atoms with Crippen LogP contribution in [-0.4, -0.2) is 28.6 Å². The minimum absolute atomic E-state index is 0.0885. The molecule has 0 aromatic heterocycles. The standard InChI is InChI=1S/C34H50O4/c1-21-32-12-8-23-29(4)16-15-27(2)13-14-28(3,26(35)36)18-24(27)30(29,5)17-22-7-11-31(19-34(21,37)38-20-32)9-6-10-33(22,23)25(31)32/h6,9,21-25,37H,7-8,10-20H2,1-5H3,(H,35,36). The highest BCUT2D eigenvalue weighted by Crippen LogP contribution is 2.86. The van der Waals surface area contributed by atoms with Crippen molar-refractivity contribution in [1.82, 2.24) is 0 Å². The van der Waals surface area contributed by atoms with E-state index in [1.807, 2.05) is 6.92 Å². The molecule has 13 unspecified atom stereocenters. The fourth-order valence-electron chi connectivity index (χ4n) is 14.6. The van der Waals surface area contributed by atoms with E-state index in [0.29, 0.717) is 29.1 Å². The lowest BCUT2D eigenvalue weighted by Crippen LogP contribution is -2.75. The van der Waals surface area contributed by atoms with E-state index >= 15 is 0 Å². The predicted molar refractivity (Wildman–Crippen MR) is 146 cm³/mol. The fourth-order valence-corrected chi connectivity index (χ4v) is 14.6. The smallest absolute Gasteiger partial charge is 0.309 e. The van der Waals surface area contributed by atoms with Crippen molar-refractivity contribution in [3.8, 4) is 0 Å². The molecule has 4 heteroatoms. The molecule has 2 N–H and O–H groups in total. The Morgan fingerprint density at radius 2 is 1.68 bits per heavy atom. The second-order valence-corrected chi connectivity index (χ2v) is 17.3. The molecular weight excluding hydrogens is 472 g/mol. The van der Waals surface area contributed by atoms with Crippen molar-refractivity contribution in [3.05, 3.63) is 12.2 Å². The maximum atomic E-state index is 12.5. The normalized spacial score (nSPS) is 65.4. The number of aliphatic carboxylic acids is 1. The van der Waals surface area contributed by atoms with Gasteiger partial charge in [-0.3, -0.25) is 4.79 Å². The lowest BCUT2D eigenvalue weighted by Gasteiger charge is -2.80. The predicted octanol–water partition coefficient (Wildman–Crippen LogP) is 7.21. The number of carbonyl (C=O) groups is 1. The summed E-state index contributed by atoms with van der Waals surface area (Å²) in [5.41, 5.74) is 0.591. The zero-order chi connectivity index (χ0) is 26.8. The lowest BCUT2D eigenvalue weighted by atomic mass is 9.23. The van der Waals surface area contributed by atoms with Gasteiger partial charge in [-0.05, 0) is 128 Å². The second-order valence-electron chi connectivity index (χ2n) is 17.3. The summed E-state index contributed by atoms with van der Waals surface area (Å²) in [5, 5.41) is 22.1. The van der Waals surface area contributed by atoms with Crippen molar-refractivity contribution in [3.63, 3.8) is 0 Å². The van der Waals surface area contributed by atoms with Crippen LogP contribution in [0.4, 0.5) is 0 Å². The van der Waals surface area contributed by atoms with Gasteiger partial charge in [-0.15, -0.1) is 0 Å². The van der Waals surface area contributed by atoms with Crippen LogP contribution in [0, 0.1) is 67.5 Å². The summed E-state index contributed by atoms with van der Waals surface area (Å²) in [5.74, 6) is 1.16. The summed E-state index contributed by atoms with van der Waals surface area (Å²) in [6.07, 6.45) is 18.6. The Morgan fingerprint density at radius 3 is 2.45 bits per heavy atom. The monoisotopic (exact) mass is 522 g/mol. The maximum Gasteiger partial charge on any atom is 0.309 e. The second kappa shape index (κ2) is 6.77. The molecule has 7 fully saturated rings. The van der Waals surface area contributed by atoms with E-state index in [9.17, 15) is 15.0 Å². The molecule has 7 aliphatic carbocycles. The first-order valence-electron chi connectivity index (χ1n) is 16.0. The van der Waals surface area contributed by atoms with E-state index in [0.717, 1.165) is 32.3 Å². The highest BCUT2D eigenvalue weighted by atomic mass is 16.6. The Labute approximate surface area is 229 Å².